The molecule has 1 aliphatic carbocycles. The van der Waals surface area contributed by atoms with Crippen LogP contribution in [-0.4, -0.2) is 36.1 Å². The van der Waals surface area contributed by atoms with Crippen LogP contribution in [0.2, 0.25) is 0 Å². The van der Waals surface area contributed by atoms with Gasteiger partial charge in [0.25, 0.3) is 0 Å². The molecule has 33 heavy (non-hydrogen) atoms. The highest BCUT2D eigenvalue weighted by Crippen LogP contribution is 2.64. The molecule has 2 aliphatic rings. The van der Waals surface area contributed by atoms with Crippen molar-refractivity contribution in [3.05, 3.63) is 87.9 Å². The molecular weight excluding hydrogens is 490 g/mol. The van der Waals surface area contributed by atoms with Gasteiger partial charge >= 0.3 is 5.97 Å². The van der Waals surface area contributed by atoms with Gasteiger partial charge in [0.1, 0.15) is 5.92 Å². The quantitative estimate of drug-likeness (QED) is 0.537. The fraction of sp³-hybridized carbons (Fsp3) is 0.240. The van der Waals surface area contributed by atoms with Crippen molar-refractivity contribution in [3.8, 4) is 11.8 Å². The van der Waals surface area contributed by atoms with Gasteiger partial charge in [-0.15, -0.1) is 0 Å². The van der Waals surface area contributed by atoms with Gasteiger partial charge in [-0.25, -0.2) is 0 Å². The first-order valence-electron chi connectivity index (χ1n) is 10.3. The van der Waals surface area contributed by atoms with Gasteiger partial charge in [0.2, 0.25) is 23.1 Å². The van der Waals surface area contributed by atoms with Gasteiger partial charge in [0.15, 0.2) is 5.60 Å². The third kappa shape index (κ3) is 2.87. The van der Waals surface area contributed by atoms with Gasteiger partial charge in [-0.2, -0.15) is 4.98 Å². The largest absolute Gasteiger partial charge is 0.481 e. The van der Waals surface area contributed by atoms with E-state index < -0.39 is 34.8 Å². The van der Waals surface area contributed by atoms with Gasteiger partial charge < -0.3 is 19.3 Å². The average molecular weight is 510 g/mol. The lowest BCUT2D eigenvalue weighted by atomic mass is 9.75. The molecule has 5 rings (SSSR count). The highest BCUT2D eigenvalue weighted by Gasteiger charge is 2.76. The number of ether oxygens (including phenoxy) is 3. The van der Waals surface area contributed by atoms with E-state index in [-0.39, 0.29) is 17.3 Å². The van der Waals surface area contributed by atoms with Crippen molar-refractivity contribution in [1.29, 1.82) is 0 Å². The van der Waals surface area contributed by atoms with E-state index in [0.717, 1.165) is 4.47 Å². The van der Waals surface area contributed by atoms with Crippen molar-refractivity contribution < 1.29 is 28.9 Å². The van der Waals surface area contributed by atoms with Crippen molar-refractivity contribution in [2.24, 2.45) is 5.92 Å². The second-order valence-electron chi connectivity index (χ2n) is 8.04. The molecular formula is C25H20BrNO6. The number of methoxy groups -OCH3 is 2. The normalized spacial score (nSPS) is 27.5. The lowest BCUT2D eigenvalue weighted by molar-refractivity contribution is -0.162. The standard InChI is InChI=1S/C25H20BrNO6/c1-31-18-13-12-17-21(27-18)33-25(15-8-10-16(26)11-9-15)19(14-6-4-3-5-7-14)20(22(28)32-2)24(17,30)23(25)29/h3-13,19-20,30H,1-2H3/t19-,20-,24-,25+/m0/s1. The summed E-state index contributed by atoms with van der Waals surface area (Å²) in [5, 5.41) is 12.1. The average Bonchev–Trinajstić information content (AvgIpc) is 2.97. The molecule has 0 amide bonds. The first kappa shape index (κ1) is 21.6. The van der Waals surface area contributed by atoms with E-state index in [1.54, 1.807) is 36.4 Å². The Kier molecular flexibility index (Phi) is 5.02. The number of Topliss-reactive ketones (excluding diaryl/α,β-unsaturated/α-hetero) is 1. The topological polar surface area (TPSA) is 95.0 Å². The molecule has 8 heteroatoms. The van der Waals surface area contributed by atoms with E-state index >= 15 is 0 Å². The SMILES string of the molecule is COC(=O)[C@@H]1[C@H](c2ccccc2)[C@@]2(c3ccc(Br)cc3)Oc3nc(OC)ccc3[C@@]1(O)C2=O. The maximum absolute atomic E-state index is 14.2. The van der Waals surface area contributed by atoms with Crippen LogP contribution < -0.4 is 9.47 Å². The first-order chi connectivity index (χ1) is 15.9. The number of hydrogen-bond donors (Lipinski definition) is 1. The van der Waals surface area contributed by atoms with Gasteiger partial charge in [0.05, 0.1) is 25.7 Å². The number of fused-ring (bicyclic) bond motifs is 4. The minimum absolute atomic E-state index is 0.0340. The van der Waals surface area contributed by atoms with Crippen molar-refractivity contribution in [2.75, 3.05) is 14.2 Å². The number of nitrogens with zero attached hydrogens (tertiary/aromatic N) is 1. The molecule has 4 atom stereocenters. The Morgan fingerprint density at radius 1 is 1.06 bits per heavy atom. The van der Waals surface area contributed by atoms with Gasteiger partial charge in [0, 0.05) is 16.1 Å². The highest BCUT2D eigenvalue weighted by molar-refractivity contribution is 9.10. The van der Waals surface area contributed by atoms with Crippen molar-refractivity contribution in [3.63, 3.8) is 0 Å². The Morgan fingerprint density at radius 3 is 2.39 bits per heavy atom. The van der Waals surface area contributed by atoms with Crippen molar-refractivity contribution in [1.82, 2.24) is 4.98 Å². The zero-order chi connectivity index (χ0) is 23.4. The third-order valence-corrected chi connectivity index (χ3v) is 7.03. The Labute approximate surface area is 198 Å². The minimum Gasteiger partial charge on any atom is -0.481 e. The summed E-state index contributed by atoms with van der Waals surface area (Å²) in [7, 11) is 2.70. The maximum atomic E-state index is 14.2. The van der Waals surface area contributed by atoms with E-state index in [1.807, 2.05) is 18.2 Å². The van der Waals surface area contributed by atoms with Gasteiger partial charge in [-0.05, 0) is 23.8 Å². The molecule has 1 N–H and O–H groups in total. The molecule has 0 radical (unpaired) electrons. The number of pyridine rings is 1. The van der Waals surface area contributed by atoms with E-state index in [9.17, 15) is 14.7 Å². The molecule has 2 heterocycles. The molecule has 0 unspecified atom stereocenters. The van der Waals surface area contributed by atoms with Crippen LogP contribution in [0.5, 0.6) is 11.8 Å². The number of carbonyl (C=O) groups excluding carboxylic acids is 2. The molecule has 0 saturated heterocycles. The van der Waals surface area contributed by atoms with Crippen LogP contribution in [0.15, 0.2) is 71.2 Å². The molecule has 1 aliphatic heterocycles. The monoisotopic (exact) mass is 509 g/mol. The Bertz CT molecular complexity index is 1250. The Morgan fingerprint density at radius 2 is 1.76 bits per heavy atom. The lowest BCUT2D eigenvalue weighted by Gasteiger charge is -2.38. The molecule has 1 saturated carbocycles. The summed E-state index contributed by atoms with van der Waals surface area (Å²) in [4.78, 5) is 31.8. The number of halogens is 1. The molecule has 2 bridgehead atoms. The van der Waals surface area contributed by atoms with E-state index in [1.165, 1.54) is 26.4 Å². The number of benzene rings is 2. The van der Waals surface area contributed by atoms with Crippen LogP contribution >= 0.6 is 15.9 Å². The van der Waals surface area contributed by atoms with Crippen molar-refractivity contribution in [2.45, 2.75) is 17.1 Å². The van der Waals surface area contributed by atoms with Crippen LogP contribution in [0.4, 0.5) is 0 Å². The second-order valence-corrected chi connectivity index (χ2v) is 8.95. The number of rotatable bonds is 4. The number of aliphatic hydroxyl groups is 1. The maximum Gasteiger partial charge on any atom is 0.313 e. The summed E-state index contributed by atoms with van der Waals surface area (Å²) in [6.45, 7) is 0. The summed E-state index contributed by atoms with van der Waals surface area (Å²) in [6.07, 6.45) is 0. The summed E-state index contributed by atoms with van der Waals surface area (Å²) in [6, 6.07) is 19.1. The van der Waals surface area contributed by atoms with Gasteiger partial charge in [-0.3, -0.25) is 9.59 Å². The molecule has 168 valence electrons. The van der Waals surface area contributed by atoms with Crippen LogP contribution in [0.3, 0.4) is 0 Å². The van der Waals surface area contributed by atoms with Crippen LogP contribution in [0.1, 0.15) is 22.6 Å². The van der Waals surface area contributed by atoms with E-state index in [0.29, 0.717) is 11.1 Å². The fourth-order valence-corrected chi connectivity index (χ4v) is 5.35. The molecule has 0 spiro atoms. The summed E-state index contributed by atoms with van der Waals surface area (Å²) < 4.78 is 17.6. The number of carbonyl (C=O) groups is 2. The number of ketones is 1. The molecule has 1 aromatic heterocycles. The van der Waals surface area contributed by atoms with Crippen LogP contribution in [0, 0.1) is 5.92 Å². The molecule has 3 aromatic rings. The zero-order valence-electron chi connectivity index (χ0n) is 17.8. The van der Waals surface area contributed by atoms with Crippen LogP contribution in [0.25, 0.3) is 0 Å². The van der Waals surface area contributed by atoms with Gasteiger partial charge in [-0.1, -0.05) is 58.4 Å². The molecule has 7 nitrogen and oxygen atoms in total. The minimum atomic E-state index is -2.21. The molecule has 1 fully saturated rings. The first-order valence-corrected chi connectivity index (χ1v) is 11.1. The Hall–Kier alpha value is -3.23. The Balaban J connectivity index is 1.88. The summed E-state index contributed by atoms with van der Waals surface area (Å²) in [5.41, 5.74) is -2.69. The van der Waals surface area contributed by atoms with Crippen LogP contribution in [-0.2, 0) is 25.5 Å². The zero-order valence-corrected chi connectivity index (χ0v) is 19.4. The smallest absolute Gasteiger partial charge is 0.313 e. The predicted octanol–water partition coefficient (Wildman–Crippen LogP) is 3.48. The fourth-order valence-electron chi connectivity index (χ4n) is 5.09. The number of aromatic nitrogens is 1. The summed E-state index contributed by atoms with van der Waals surface area (Å²) >= 11 is 3.42. The number of hydrogen-bond acceptors (Lipinski definition) is 7. The summed E-state index contributed by atoms with van der Waals surface area (Å²) in [5.74, 6) is -3.22. The van der Waals surface area contributed by atoms with Crippen molar-refractivity contribution >= 4 is 27.7 Å². The predicted molar refractivity (Wildman–Crippen MR) is 121 cm³/mol. The number of esters is 1. The highest BCUT2D eigenvalue weighted by atomic mass is 79.9. The molecule has 2 aromatic carbocycles. The second kappa shape index (κ2) is 7.67. The van der Waals surface area contributed by atoms with E-state index in [4.69, 9.17) is 14.2 Å². The lowest BCUT2D eigenvalue weighted by Crippen LogP contribution is -2.51. The third-order valence-electron chi connectivity index (χ3n) is 6.50. The van der Waals surface area contributed by atoms with E-state index in [2.05, 4.69) is 20.9 Å².